The molecule has 0 amide bonds. The Hall–Kier alpha value is -3.09. The lowest BCUT2D eigenvalue weighted by Gasteiger charge is -2.24. The average Bonchev–Trinajstić information content (AvgIpc) is 2.61. The molecule has 1 heterocycles. The quantitative estimate of drug-likeness (QED) is 0.371. The molecule has 0 bridgehead atoms. The molecule has 0 N–H and O–H groups in total. The summed E-state index contributed by atoms with van der Waals surface area (Å²) in [6.45, 7) is 0.390. The summed E-state index contributed by atoms with van der Waals surface area (Å²) in [5.41, 5.74) is 0.410. The Morgan fingerprint density at radius 2 is 2.08 bits per heavy atom. The van der Waals surface area contributed by atoms with Gasteiger partial charge in [0.1, 0.15) is 11.5 Å². The van der Waals surface area contributed by atoms with Crippen LogP contribution >= 0.6 is 0 Å². The van der Waals surface area contributed by atoms with E-state index in [1.54, 1.807) is 12.1 Å². The van der Waals surface area contributed by atoms with Gasteiger partial charge in [0.15, 0.2) is 0 Å². The number of benzene rings is 2. The summed E-state index contributed by atoms with van der Waals surface area (Å²) in [4.78, 5) is 23.1. The third-order valence-electron chi connectivity index (χ3n) is 3.82. The summed E-state index contributed by atoms with van der Waals surface area (Å²) in [6, 6.07) is 11.3. The van der Waals surface area contributed by atoms with E-state index in [1.807, 2.05) is 12.1 Å². The first-order valence-corrected chi connectivity index (χ1v) is 7.36. The van der Waals surface area contributed by atoms with Gasteiger partial charge in [-0.1, -0.05) is 18.2 Å². The second-order valence-electron chi connectivity index (χ2n) is 5.24. The summed E-state index contributed by atoms with van der Waals surface area (Å²) in [5.74, 6) is -0.210. The van der Waals surface area contributed by atoms with Crippen molar-refractivity contribution in [3.63, 3.8) is 0 Å². The first-order valence-electron chi connectivity index (χ1n) is 7.36. The van der Waals surface area contributed by atoms with Crippen LogP contribution < -0.4 is 14.2 Å². The van der Waals surface area contributed by atoms with Crippen LogP contribution in [0.15, 0.2) is 42.5 Å². The molecule has 1 unspecified atom stereocenters. The van der Waals surface area contributed by atoms with E-state index in [2.05, 4.69) is 0 Å². The predicted molar refractivity (Wildman–Crippen MR) is 84.6 cm³/mol. The van der Waals surface area contributed by atoms with Gasteiger partial charge in [0, 0.05) is 5.56 Å². The number of methoxy groups -OCH3 is 1. The standard InChI is InChI=1S/C17H15NO6/c1-22-11-6-7-16(14(10-11)18(20)21)24-17(19)13-8-9-23-15-5-3-2-4-12(13)15/h2-7,10,13H,8-9H2,1H3. The van der Waals surface area contributed by atoms with Crippen LogP contribution in [0.3, 0.4) is 0 Å². The van der Waals surface area contributed by atoms with Crippen LogP contribution in [0.5, 0.6) is 17.2 Å². The van der Waals surface area contributed by atoms with Gasteiger partial charge in [-0.25, -0.2) is 0 Å². The Labute approximate surface area is 137 Å². The van der Waals surface area contributed by atoms with E-state index in [4.69, 9.17) is 14.2 Å². The number of hydrogen-bond donors (Lipinski definition) is 0. The summed E-state index contributed by atoms with van der Waals surface area (Å²) >= 11 is 0. The molecule has 24 heavy (non-hydrogen) atoms. The maximum absolute atomic E-state index is 12.5. The minimum Gasteiger partial charge on any atom is -0.496 e. The number of ether oxygens (including phenoxy) is 3. The number of nitrogens with zero attached hydrogens (tertiary/aromatic N) is 1. The minimum atomic E-state index is -0.608. The van der Waals surface area contributed by atoms with E-state index < -0.39 is 16.8 Å². The maximum Gasteiger partial charge on any atom is 0.319 e. The van der Waals surface area contributed by atoms with E-state index in [0.717, 1.165) is 5.56 Å². The summed E-state index contributed by atoms with van der Waals surface area (Å²) in [7, 11) is 1.41. The molecule has 2 aromatic carbocycles. The monoisotopic (exact) mass is 329 g/mol. The molecule has 0 saturated carbocycles. The van der Waals surface area contributed by atoms with Gasteiger partial charge < -0.3 is 14.2 Å². The van der Waals surface area contributed by atoms with Crippen LogP contribution in [0.4, 0.5) is 5.69 Å². The smallest absolute Gasteiger partial charge is 0.319 e. The van der Waals surface area contributed by atoms with Crippen molar-refractivity contribution in [2.75, 3.05) is 13.7 Å². The topological polar surface area (TPSA) is 87.9 Å². The number of rotatable bonds is 4. The molecule has 1 aliphatic rings. The molecule has 0 saturated heterocycles. The Morgan fingerprint density at radius 1 is 1.29 bits per heavy atom. The van der Waals surface area contributed by atoms with Crippen molar-refractivity contribution in [3.05, 3.63) is 58.1 Å². The highest BCUT2D eigenvalue weighted by Gasteiger charge is 2.30. The highest BCUT2D eigenvalue weighted by atomic mass is 16.6. The SMILES string of the molecule is COc1ccc(OC(=O)C2CCOc3ccccc32)c([N+](=O)[O-])c1. The first kappa shape index (κ1) is 15.8. The van der Waals surface area contributed by atoms with Gasteiger partial charge in [-0.2, -0.15) is 0 Å². The molecular weight excluding hydrogens is 314 g/mol. The molecule has 1 aliphatic heterocycles. The van der Waals surface area contributed by atoms with Crippen molar-refractivity contribution in [3.8, 4) is 17.2 Å². The van der Waals surface area contributed by atoms with Gasteiger partial charge in [0.2, 0.25) is 5.75 Å². The van der Waals surface area contributed by atoms with Crippen molar-refractivity contribution in [1.82, 2.24) is 0 Å². The van der Waals surface area contributed by atoms with Crippen LogP contribution in [-0.2, 0) is 4.79 Å². The van der Waals surface area contributed by atoms with Gasteiger partial charge in [-0.15, -0.1) is 0 Å². The van der Waals surface area contributed by atoms with E-state index in [9.17, 15) is 14.9 Å². The van der Waals surface area contributed by atoms with Gasteiger partial charge in [-0.05, 0) is 24.6 Å². The maximum atomic E-state index is 12.5. The van der Waals surface area contributed by atoms with E-state index in [1.165, 1.54) is 25.3 Å². The van der Waals surface area contributed by atoms with Gasteiger partial charge in [0.05, 0.1) is 30.6 Å². The number of fused-ring (bicyclic) bond motifs is 1. The van der Waals surface area contributed by atoms with E-state index in [-0.39, 0.29) is 11.4 Å². The zero-order valence-corrected chi connectivity index (χ0v) is 12.9. The normalized spacial score (nSPS) is 15.8. The van der Waals surface area contributed by atoms with Crippen molar-refractivity contribution >= 4 is 11.7 Å². The van der Waals surface area contributed by atoms with E-state index in [0.29, 0.717) is 24.5 Å². The lowest BCUT2D eigenvalue weighted by Crippen LogP contribution is -2.25. The lowest BCUT2D eigenvalue weighted by atomic mass is 9.93. The molecule has 0 radical (unpaired) electrons. The van der Waals surface area contributed by atoms with Crippen LogP contribution in [-0.4, -0.2) is 24.6 Å². The number of nitro groups is 1. The Kier molecular flexibility index (Phi) is 4.33. The van der Waals surface area contributed by atoms with Crippen molar-refractivity contribution < 1.29 is 23.9 Å². The largest absolute Gasteiger partial charge is 0.496 e. The number of hydrogen-bond acceptors (Lipinski definition) is 6. The van der Waals surface area contributed by atoms with Crippen molar-refractivity contribution in [2.45, 2.75) is 12.3 Å². The summed E-state index contributed by atoms with van der Waals surface area (Å²) in [5, 5.41) is 11.2. The van der Waals surface area contributed by atoms with Crippen molar-refractivity contribution in [1.29, 1.82) is 0 Å². The van der Waals surface area contributed by atoms with Gasteiger partial charge in [0.25, 0.3) is 0 Å². The minimum absolute atomic E-state index is 0.102. The van der Waals surface area contributed by atoms with Crippen molar-refractivity contribution in [2.24, 2.45) is 0 Å². The molecule has 124 valence electrons. The van der Waals surface area contributed by atoms with Gasteiger partial charge in [-0.3, -0.25) is 14.9 Å². The highest BCUT2D eigenvalue weighted by Crippen LogP contribution is 2.36. The van der Waals surface area contributed by atoms with Crippen LogP contribution in [0.2, 0.25) is 0 Å². The number of para-hydroxylation sites is 1. The lowest BCUT2D eigenvalue weighted by molar-refractivity contribution is -0.385. The first-order chi connectivity index (χ1) is 11.6. The highest BCUT2D eigenvalue weighted by molar-refractivity contribution is 5.82. The Bertz CT molecular complexity index is 788. The van der Waals surface area contributed by atoms with E-state index >= 15 is 0 Å². The second-order valence-corrected chi connectivity index (χ2v) is 5.24. The van der Waals surface area contributed by atoms with Gasteiger partial charge >= 0.3 is 11.7 Å². The number of nitro benzene ring substituents is 1. The van der Waals surface area contributed by atoms with Crippen LogP contribution in [0, 0.1) is 10.1 Å². The molecule has 1 atom stereocenters. The average molecular weight is 329 g/mol. The number of esters is 1. The molecule has 0 fully saturated rings. The zero-order valence-electron chi connectivity index (χ0n) is 12.9. The third-order valence-corrected chi connectivity index (χ3v) is 3.82. The van der Waals surface area contributed by atoms with Crippen LogP contribution in [0.25, 0.3) is 0 Å². The number of carbonyl (C=O) groups is 1. The molecule has 2 aromatic rings. The fourth-order valence-electron chi connectivity index (χ4n) is 2.62. The molecule has 7 nitrogen and oxygen atoms in total. The Morgan fingerprint density at radius 3 is 2.83 bits per heavy atom. The fraction of sp³-hybridized carbons (Fsp3) is 0.235. The zero-order chi connectivity index (χ0) is 17.1. The molecule has 0 aliphatic carbocycles. The predicted octanol–water partition coefficient (Wildman–Crippen LogP) is 3.08. The fourth-order valence-corrected chi connectivity index (χ4v) is 2.62. The summed E-state index contributed by atoms with van der Waals surface area (Å²) < 4.78 is 15.8. The Balaban J connectivity index is 1.87. The molecule has 0 spiro atoms. The van der Waals surface area contributed by atoms with Crippen LogP contribution in [0.1, 0.15) is 17.9 Å². The molecule has 7 heteroatoms. The third kappa shape index (κ3) is 3.01. The molecule has 0 aromatic heterocycles. The number of carbonyl (C=O) groups excluding carboxylic acids is 1. The summed E-state index contributed by atoms with van der Waals surface area (Å²) in [6.07, 6.45) is 0.458. The molecular formula is C17H15NO6. The second kappa shape index (κ2) is 6.57. The molecule has 3 rings (SSSR count).